The quantitative estimate of drug-likeness (QED) is 0.493. The Balaban J connectivity index is 1.31. The van der Waals surface area contributed by atoms with Gasteiger partial charge >= 0.3 is 0 Å². The predicted octanol–water partition coefficient (Wildman–Crippen LogP) is 3.65. The van der Waals surface area contributed by atoms with Gasteiger partial charge in [0.2, 0.25) is 0 Å². The molecule has 1 amide bonds. The summed E-state index contributed by atoms with van der Waals surface area (Å²) in [6.07, 6.45) is 8.09. The van der Waals surface area contributed by atoms with Crippen LogP contribution in [0.2, 0.25) is 0 Å². The van der Waals surface area contributed by atoms with Crippen molar-refractivity contribution in [3.63, 3.8) is 0 Å². The molecule has 1 saturated carbocycles. The van der Waals surface area contributed by atoms with Gasteiger partial charge in [-0.05, 0) is 56.4 Å². The van der Waals surface area contributed by atoms with Crippen molar-refractivity contribution in [2.45, 2.75) is 51.6 Å². The average molecular weight is 470 g/mol. The van der Waals surface area contributed by atoms with Crippen LogP contribution in [0.5, 0.6) is 0 Å². The van der Waals surface area contributed by atoms with Crippen LogP contribution in [0.1, 0.15) is 43.6 Å². The molecule has 7 nitrogen and oxygen atoms in total. The number of nitrogens with zero attached hydrogens (tertiary/aromatic N) is 6. The number of carbonyl (C=O) groups excluding carboxylic acids is 1. The first-order chi connectivity index (χ1) is 16.4. The van der Waals surface area contributed by atoms with E-state index < -0.39 is 23.0 Å². The first kappa shape index (κ1) is 22.4. The van der Waals surface area contributed by atoms with E-state index in [0.29, 0.717) is 31.8 Å². The monoisotopic (exact) mass is 470 g/mol. The molecule has 0 saturated heterocycles. The second-order valence-electron chi connectivity index (χ2n) is 8.74. The van der Waals surface area contributed by atoms with E-state index >= 15 is 0 Å². The molecule has 0 bridgehead atoms. The first-order valence-corrected chi connectivity index (χ1v) is 11.5. The summed E-state index contributed by atoms with van der Waals surface area (Å²) >= 11 is 0. The average Bonchev–Trinajstić information content (AvgIpc) is 3.49. The molecule has 3 aromatic rings. The summed E-state index contributed by atoms with van der Waals surface area (Å²) in [7, 11) is 0. The van der Waals surface area contributed by atoms with Crippen molar-refractivity contribution in [3.8, 4) is 0 Å². The van der Waals surface area contributed by atoms with Gasteiger partial charge in [-0.25, -0.2) is 23.1 Å². The molecule has 0 atom stereocenters. The Kier molecular flexibility index (Phi) is 5.53. The molecule has 0 N–H and O–H groups in total. The SMILES string of the molecule is CCN1C(=O)C2(CC2)N(CC)c2nc(CCc3cnn(Cc4cc(F)c(F)c(F)c4)c3)ncc21. The number of hydrogen-bond donors (Lipinski definition) is 0. The van der Waals surface area contributed by atoms with Gasteiger partial charge in [0.1, 0.15) is 17.1 Å². The molecule has 178 valence electrons. The van der Waals surface area contributed by atoms with Crippen molar-refractivity contribution in [3.05, 3.63) is 65.1 Å². The molecule has 1 aliphatic carbocycles. The minimum absolute atomic E-state index is 0.123. The van der Waals surface area contributed by atoms with Crippen LogP contribution >= 0.6 is 0 Å². The molecule has 10 heteroatoms. The van der Waals surface area contributed by atoms with Crippen LogP contribution in [0, 0.1) is 17.5 Å². The van der Waals surface area contributed by atoms with Gasteiger partial charge in [-0.1, -0.05) is 0 Å². The van der Waals surface area contributed by atoms with Crippen LogP contribution in [0.15, 0.2) is 30.7 Å². The topological polar surface area (TPSA) is 67.2 Å². The molecule has 1 fully saturated rings. The Morgan fingerprint density at radius 1 is 1.00 bits per heavy atom. The Morgan fingerprint density at radius 3 is 2.38 bits per heavy atom. The van der Waals surface area contributed by atoms with Crippen molar-refractivity contribution in [2.75, 3.05) is 22.9 Å². The van der Waals surface area contributed by atoms with Crippen molar-refractivity contribution in [2.24, 2.45) is 0 Å². The summed E-state index contributed by atoms with van der Waals surface area (Å²) < 4.78 is 41.7. The first-order valence-electron chi connectivity index (χ1n) is 11.5. The summed E-state index contributed by atoms with van der Waals surface area (Å²) in [5, 5.41) is 4.24. The molecule has 3 heterocycles. The van der Waals surface area contributed by atoms with E-state index in [1.165, 1.54) is 0 Å². The highest BCUT2D eigenvalue weighted by atomic mass is 19.2. The molecule has 5 rings (SSSR count). The lowest BCUT2D eigenvalue weighted by Gasteiger charge is -2.41. The summed E-state index contributed by atoms with van der Waals surface area (Å²) in [4.78, 5) is 26.2. The number of aryl methyl sites for hydroxylation is 2. The highest BCUT2D eigenvalue weighted by molar-refractivity contribution is 6.09. The summed E-state index contributed by atoms with van der Waals surface area (Å²) in [5.41, 5.74) is 1.50. The molecule has 2 aromatic heterocycles. The number of likely N-dealkylation sites (N-methyl/N-ethyl adjacent to an activating group) is 2. The Bertz CT molecular complexity index is 1230. The normalized spacial score (nSPS) is 16.3. The number of fused-ring (bicyclic) bond motifs is 1. The number of rotatable bonds is 7. The second kappa shape index (κ2) is 8.41. The molecular formula is C24H25F3N6O. The number of carbonyl (C=O) groups is 1. The highest BCUT2D eigenvalue weighted by Gasteiger charge is 2.59. The Labute approximate surface area is 195 Å². The zero-order valence-electron chi connectivity index (χ0n) is 19.1. The fraction of sp³-hybridized carbons (Fsp3) is 0.417. The largest absolute Gasteiger partial charge is 0.340 e. The lowest BCUT2D eigenvalue weighted by molar-refractivity contribution is -0.121. The number of anilines is 2. The van der Waals surface area contributed by atoms with Crippen molar-refractivity contribution in [1.82, 2.24) is 19.7 Å². The van der Waals surface area contributed by atoms with Crippen molar-refractivity contribution >= 4 is 17.4 Å². The van der Waals surface area contributed by atoms with Crippen molar-refractivity contribution < 1.29 is 18.0 Å². The van der Waals surface area contributed by atoms with Crippen LogP contribution in [0.3, 0.4) is 0 Å². The smallest absolute Gasteiger partial charge is 0.253 e. The molecule has 34 heavy (non-hydrogen) atoms. The van der Waals surface area contributed by atoms with Gasteiger partial charge in [0.15, 0.2) is 23.3 Å². The lowest BCUT2D eigenvalue weighted by atomic mass is 10.1. The fourth-order valence-electron chi connectivity index (χ4n) is 4.72. The number of amides is 1. The third-order valence-electron chi connectivity index (χ3n) is 6.57. The maximum absolute atomic E-state index is 13.5. The van der Waals surface area contributed by atoms with Crippen LogP contribution in [0.4, 0.5) is 24.7 Å². The number of hydrogen-bond acceptors (Lipinski definition) is 5. The summed E-state index contributed by atoms with van der Waals surface area (Å²) in [6.45, 7) is 5.39. The zero-order chi connectivity index (χ0) is 24.0. The van der Waals surface area contributed by atoms with Gasteiger partial charge in [-0.3, -0.25) is 9.48 Å². The third-order valence-corrected chi connectivity index (χ3v) is 6.57. The van der Waals surface area contributed by atoms with Crippen LogP contribution in [-0.2, 0) is 24.2 Å². The minimum Gasteiger partial charge on any atom is -0.340 e. The van der Waals surface area contributed by atoms with E-state index in [0.717, 1.165) is 42.0 Å². The van der Waals surface area contributed by atoms with Gasteiger partial charge in [0, 0.05) is 25.7 Å². The Morgan fingerprint density at radius 2 is 1.74 bits per heavy atom. The minimum atomic E-state index is -1.48. The highest BCUT2D eigenvalue weighted by Crippen LogP contribution is 2.51. The summed E-state index contributed by atoms with van der Waals surface area (Å²) in [5.74, 6) is -2.30. The number of aromatic nitrogens is 4. The molecule has 0 radical (unpaired) electrons. The molecule has 1 spiro atoms. The van der Waals surface area contributed by atoms with Gasteiger partial charge in [0.25, 0.3) is 5.91 Å². The van der Waals surface area contributed by atoms with E-state index in [1.54, 1.807) is 28.2 Å². The number of halogens is 3. The number of benzene rings is 1. The van der Waals surface area contributed by atoms with Gasteiger partial charge in [0.05, 0.1) is 18.9 Å². The standard InChI is InChI=1S/C24H25F3N6O/c1-3-32-19-12-28-20(30-22(19)33(4-2)24(7-8-24)23(32)34)6-5-15-11-29-31(13-15)14-16-9-17(25)21(27)18(26)10-16/h9-13H,3-8,14H2,1-2H3. The fourth-order valence-corrected chi connectivity index (χ4v) is 4.72. The second-order valence-corrected chi connectivity index (χ2v) is 8.74. The van der Waals surface area contributed by atoms with E-state index in [-0.39, 0.29) is 18.0 Å². The van der Waals surface area contributed by atoms with Crippen LogP contribution < -0.4 is 9.80 Å². The van der Waals surface area contributed by atoms with E-state index in [2.05, 4.69) is 15.0 Å². The summed E-state index contributed by atoms with van der Waals surface area (Å²) in [6, 6.07) is 1.94. The third kappa shape index (κ3) is 3.70. The Hall–Kier alpha value is -3.43. The molecule has 2 aliphatic rings. The zero-order valence-corrected chi connectivity index (χ0v) is 19.1. The van der Waals surface area contributed by atoms with Crippen LogP contribution in [-0.4, -0.2) is 44.3 Å². The van der Waals surface area contributed by atoms with Gasteiger partial charge < -0.3 is 9.80 Å². The maximum Gasteiger partial charge on any atom is 0.253 e. The maximum atomic E-state index is 13.5. The van der Waals surface area contributed by atoms with Gasteiger partial charge in [-0.15, -0.1) is 0 Å². The van der Waals surface area contributed by atoms with E-state index in [4.69, 9.17) is 4.98 Å². The van der Waals surface area contributed by atoms with Crippen molar-refractivity contribution in [1.29, 1.82) is 0 Å². The molecule has 1 aliphatic heterocycles. The predicted molar refractivity (Wildman–Crippen MR) is 120 cm³/mol. The molecule has 0 unspecified atom stereocenters. The van der Waals surface area contributed by atoms with E-state index in [9.17, 15) is 18.0 Å². The molecular weight excluding hydrogens is 445 g/mol. The van der Waals surface area contributed by atoms with E-state index in [1.807, 2.05) is 13.8 Å². The lowest BCUT2D eigenvalue weighted by Crippen LogP contribution is -2.56. The van der Waals surface area contributed by atoms with Crippen LogP contribution in [0.25, 0.3) is 0 Å². The van der Waals surface area contributed by atoms with Gasteiger partial charge in [-0.2, -0.15) is 5.10 Å². The molecule has 1 aromatic carbocycles.